The van der Waals surface area contributed by atoms with Gasteiger partial charge in [0.15, 0.2) is 0 Å². The zero-order valence-electron chi connectivity index (χ0n) is 12.6. The van der Waals surface area contributed by atoms with Crippen molar-refractivity contribution in [3.63, 3.8) is 0 Å². The Morgan fingerprint density at radius 1 is 1.24 bits per heavy atom. The first-order chi connectivity index (χ1) is 10.3. The summed E-state index contributed by atoms with van der Waals surface area (Å²) in [6.07, 6.45) is 8.78. The van der Waals surface area contributed by atoms with E-state index in [9.17, 15) is 4.79 Å². The van der Waals surface area contributed by atoms with Crippen molar-refractivity contribution in [1.82, 2.24) is 15.6 Å². The van der Waals surface area contributed by atoms with E-state index in [0.717, 1.165) is 37.5 Å². The first-order valence-electron chi connectivity index (χ1n) is 8.27. The molecule has 0 aromatic carbocycles. The lowest BCUT2D eigenvalue weighted by Crippen LogP contribution is -2.30. The molecule has 4 nitrogen and oxygen atoms in total. The summed E-state index contributed by atoms with van der Waals surface area (Å²) in [6, 6.07) is 0. The Balaban J connectivity index is 1.51. The van der Waals surface area contributed by atoms with Crippen molar-refractivity contribution in [2.45, 2.75) is 50.9 Å². The van der Waals surface area contributed by atoms with E-state index in [1.807, 2.05) is 5.38 Å². The smallest absolute Gasteiger partial charge is 0.270 e. The Morgan fingerprint density at radius 3 is 2.76 bits per heavy atom. The highest BCUT2D eigenvalue weighted by molar-refractivity contribution is 7.09. The number of aromatic nitrogens is 1. The number of carbonyl (C=O) groups excluding carboxylic acids is 1. The maximum atomic E-state index is 12.2. The van der Waals surface area contributed by atoms with Gasteiger partial charge in [0.05, 0.1) is 5.01 Å². The first-order valence-corrected chi connectivity index (χ1v) is 9.15. The summed E-state index contributed by atoms with van der Waals surface area (Å²) in [5.74, 6) is 1.22. The van der Waals surface area contributed by atoms with Gasteiger partial charge in [0.2, 0.25) is 0 Å². The van der Waals surface area contributed by atoms with Crippen molar-refractivity contribution in [2.75, 3.05) is 19.6 Å². The molecule has 1 aliphatic heterocycles. The average molecular weight is 307 g/mol. The van der Waals surface area contributed by atoms with Crippen molar-refractivity contribution in [3.05, 3.63) is 16.1 Å². The molecule has 1 saturated carbocycles. The van der Waals surface area contributed by atoms with Gasteiger partial charge < -0.3 is 10.6 Å². The van der Waals surface area contributed by atoms with Crippen LogP contribution in [0.4, 0.5) is 0 Å². The lowest BCUT2D eigenvalue weighted by molar-refractivity contribution is 0.0939. The molecule has 0 spiro atoms. The van der Waals surface area contributed by atoms with E-state index in [-0.39, 0.29) is 5.91 Å². The number of amides is 1. The van der Waals surface area contributed by atoms with Crippen LogP contribution in [0.1, 0.15) is 66.4 Å². The highest BCUT2D eigenvalue weighted by Gasteiger charge is 2.21. The van der Waals surface area contributed by atoms with Crippen LogP contribution in [0, 0.1) is 5.92 Å². The van der Waals surface area contributed by atoms with E-state index < -0.39 is 0 Å². The summed E-state index contributed by atoms with van der Waals surface area (Å²) in [5, 5.41) is 9.51. The predicted molar refractivity (Wildman–Crippen MR) is 85.9 cm³/mol. The largest absolute Gasteiger partial charge is 0.350 e. The molecule has 1 saturated heterocycles. The van der Waals surface area contributed by atoms with Crippen molar-refractivity contribution < 1.29 is 4.79 Å². The van der Waals surface area contributed by atoms with Crippen LogP contribution in [0.2, 0.25) is 0 Å². The van der Waals surface area contributed by atoms with Crippen molar-refractivity contribution in [3.8, 4) is 0 Å². The number of thiazole rings is 1. The van der Waals surface area contributed by atoms with Gasteiger partial charge in [0.1, 0.15) is 5.69 Å². The van der Waals surface area contributed by atoms with Crippen LogP contribution in [-0.2, 0) is 0 Å². The van der Waals surface area contributed by atoms with E-state index in [1.165, 1.54) is 32.1 Å². The molecule has 1 amide bonds. The average Bonchev–Trinajstić information content (AvgIpc) is 3.04. The molecule has 0 atom stereocenters. The maximum Gasteiger partial charge on any atom is 0.270 e. The molecule has 1 aromatic rings. The Morgan fingerprint density at radius 2 is 2.00 bits per heavy atom. The highest BCUT2D eigenvalue weighted by atomic mass is 32.1. The molecule has 0 bridgehead atoms. The molecule has 2 heterocycles. The Bertz CT molecular complexity index is 462. The minimum atomic E-state index is 0.0111. The van der Waals surface area contributed by atoms with Crippen LogP contribution >= 0.6 is 11.3 Å². The summed E-state index contributed by atoms with van der Waals surface area (Å²) in [4.78, 5) is 16.8. The van der Waals surface area contributed by atoms with Gasteiger partial charge in [-0.15, -0.1) is 11.3 Å². The van der Waals surface area contributed by atoms with Crippen molar-refractivity contribution in [2.24, 2.45) is 5.92 Å². The van der Waals surface area contributed by atoms with E-state index >= 15 is 0 Å². The van der Waals surface area contributed by atoms with Crippen LogP contribution in [0.15, 0.2) is 5.38 Å². The van der Waals surface area contributed by atoms with Gasteiger partial charge >= 0.3 is 0 Å². The standard InChI is InChI=1S/C16H25N3OS/c20-15(18-10-12-4-2-1-3-5-12)14-11-21-16(19-14)13-6-8-17-9-7-13/h11-13,17H,1-10H2,(H,18,20). The lowest BCUT2D eigenvalue weighted by atomic mass is 9.89. The Labute approximate surface area is 130 Å². The van der Waals surface area contributed by atoms with Gasteiger partial charge in [-0.25, -0.2) is 4.98 Å². The second kappa shape index (κ2) is 7.36. The van der Waals surface area contributed by atoms with Gasteiger partial charge in [-0.3, -0.25) is 4.79 Å². The molecule has 0 unspecified atom stereocenters. The quantitative estimate of drug-likeness (QED) is 0.899. The minimum absolute atomic E-state index is 0.0111. The number of carbonyl (C=O) groups is 1. The zero-order chi connectivity index (χ0) is 14.5. The summed E-state index contributed by atoms with van der Waals surface area (Å²) in [5.41, 5.74) is 0.615. The fourth-order valence-corrected chi connectivity index (χ4v) is 4.34. The number of nitrogens with one attached hydrogen (secondary N) is 2. The van der Waals surface area contributed by atoms with E-state index in [0.29, 0.717) is 17.5 Å². The topological polar surface area (TPSA) is 54.0 Å². The second-order valence-electron chi connectivity index (χ2n) is 6.31. The molecular formula is C16H25N3OS. The molecule has 1 aromatic heterocycles. The molecule has 21 heavy (non-hydrogen) atoms. The molecule has 2 N–H and O–H groups in total. The second-order valence-corrected chi connectivity index (χ2v) is 7.20. The van der Waals surface area contributed by atoms with Gasteiger partial charge in [0.25, 0.3) is 5.91 Å². The van der Waals surface area contributed by atoms with Crippen LogP contribution < -0.4 is 10.6 Å². The normalized spacial score (nSPS) is 21.3. The van der Waals surface area contributed by atoms with Crippen molar-refractivity contribution >= 4 is 17.2 Å². The highest BCUT2D eigenvalue weighted by Crippen LogP contribution is 2.28. The van der Waals surface area contributed by atoms with E-state index in [1.54, 1.807) is 11.3 Å². The third-order valence-corrected chi connectivity index (χ3v) is 5.73. The third-order valence-electron chi connectivity index (χ3n) is 4.72. The molecule has 2 fully saturated rings. The molecule has 3 rings (SSSR count). The summed E-state index contributed by atoms with van der Waals surface area (Å²) >= 11 is 1.65. The van der Waals surface area contributed by atoms with E-state index in [2.05, 4.69) is 15.6 Å². The van der Waals surface area contributed by atoms with Crippen LogP contribution in [0.25, 0.3) is 0 Å². The fourth-order valence-electron chi connectivity index (χ4n) is 3.37. The number of hydrogen-bond donors (Lipinski definition) is 2. The maximum absolute atomic E-state index is 12.2. The Hall–Kier alpha value is -0.940. The summed E-state index contributed by atoms with van der Waals surface area (Å²) in [7, 11) is 0. The summed E-state index contributed by atoms with van der Waals surface area (Å²) in [6.45, 7) is 2.94. The summed E-state index contributed by atoms with van der Waals surface area (Å²) < 4.78 is 0. The van der Waals surface area contributed by atoms with Gasteiger partial charge in [-0.1, -0.05) is 19.3 Å². The van der Waals surface area contributed by atoms with E-state index in [4.69, 9.17) is 0 Å². The molecule has 1 aliphatic carbocycles. The molecule has 0 radical (unpaired) electrons. The number of hydrogen-bond acceptors (Lipinski definition) is 4. The lowest BCUT2D eigenvalue weighted by Gasteiger charge is -2.21. The number of rotatable bonds is 4. The Kier molecular flexibility index (Phi) is 5.25. The first kappa shape index (κ1) is 15.0. The molecule has 116 valence electrons. The third kappa shape index (κ3) is 4.04. The molecular weight excluding hydrogens is 282 g/mol. The van der Waals surface area contributed by atoms with Crippen LogP contribution in [0.3, 0.4) is 0 Å². The van der Waals surface area contributed by atoms with Crippen LogP contribution in [0.5, 0.6) is 0 Å². The van der Waals surface area contributed by atoms with Gasteiger partial charge in [-0.05, 0) is 44.7 Å². The molecule has 2 aliphatic rings. The molecule has 5 heteroatoms. The zero-order valence-corrected chi connectivity index (χ0v) is 13.4. The minimum Gasteiger partial charge on any atom is -0.350 e. The monoisotopic (exact) mass is 307 g/mol. The van der Waals surface area contributed by atoms with Gasteiger partial charge in [-0.2, -0.15) is 0 Å². The van der Waals surface area contributed by atoms with Gasteiger partial charge in [0, 0.05) is 17.8 Å². The number of nitrogens with zero attached hydrogens (tertiary/aromatic N) is 1. The van der Waals surface area contributed by atoms with Crippen LogP contribution in [-0.4, -0.2) is 30.5 Å². The predicted octanol–water partition coefficient (Wildman–Crippen LogP) is 2.92. The number of piperidine rings is 1. The fraction of sp³-hybridized carbons (Fsp3) is 0.750. The SMILES string of the molecule is O=C(NCC1CCCCC1)c1csc(C2CCNCC2)n1. The van der Waals surface area contributed by atoms with Crippen molar-refractivity contribution in [1.29, 1.82) is 0 Å².